The summed E-state index contributed by atoms with van der Waals surface area (Å²) in [6, 6.07) is 8.32. The number of likely N-dealkylation sites (tertiary alicyclic amines) is 1. The molecule has 0 radical (unpaired) electrons. The molecule has 1 amide bonds. The number of anilines is 1. The average molecular weight is 502 g/mol. The predicted octanol–water partition coefficient (Wildman–Crippen LogP) is 4.83. The maximum Gasteiger partial charge on any atom is 0.245 e. The number of nitriles is 1. The fourth-order valence-electron chi connectivity index (χ4n) is 6.08. The molecule has 3 aromatic rings. The number of H-pyrrole nitrogens is 1. The smallest absolute Gasteiger partial charge is 0.245 e. The quantitative estimate of drug-likeness (QED) is 0.519. The number of nitrogens with one attached hydrogen (secondary N) is 1. The van der Waals surface area contributed by atoms with E-state index in [4.69, 9.17) is 21.3 Å². The fourth-order valence-corrected chi connectivity index (χ4v) is 6.33. The number of aromatic amines is 1. The number of amides is 1. The molecule has 0 unspecified atom stereocenters. The number of pyridine rings is 1. The lowest BCUT2D eigenvalue weighted by atomic mass is 9.79. The summed E-state index contributed by atoms with van der Waals surface area (Å²) in [5.41, 5.74) is 4.73. The number of benzene rings is 1. The van der Waals surface area contributed by atoms with Gasteiger partial charge in [0.15, 0.2) is 0 Å². The minimum absolute atomic E-state index is 0.0255. The van der Waals surface area contributed by atoms with Gasteiger partial charge in [0.25, 0.3) is 0 Å². The molecule has 1 aromatic carbocycles. The van der Waals surface area contributed by atoms with Crippen LogP contribution in [0.15, 0.2) is 37.1 Å². The predicted molar refractivity (Wildman–Crippen MR) is 140 cm³/mol. The van der Waals surface area contributed by atoms with Crippen LogP contribution in [0, 0.1) is 16.7 Å². The zero-order valence-electron chi connectivity index (χ0n) is 20.5. The zero-order valence-corrected chi connectivity index (χ0v) is 21.3. The molecule has 1 N–H and O–H groups in total. The van der Waals surface area contributed by atoms with Gasteiger partial charge in [-0.25, -0.2) is 4.98 Å². The lowest BCUT2D eigenvalue weighted by Gasteiger charge is -2.47. The van der Waals surface area contributed by atoms with E-state index in [1.165, 1.54) is 6.08 Å². The Morgan fingerprint density at radius 1 is 1.28 bits per heavy atom. The van der Waals surface area contributed by atoms with Crippen molar-refractivity contribution in [3.63, 3.8) is 0 Å². The number of carbonyl (C=O) groups is 1. The Morgan fingerprint density at radius 3 is 2.83 bits per heavy atom. The van der Waals surface area contributed by atoms with Crippen molar-refractivity contribution in [2.75, 3.05) is 31.1 Å². The van der Waals surface area contributed by atoms with Gasteiger partial charge in [-0.1, -0.05) is 18.2 Å². The van der Waals surface area contributed by atoms with Crippen LogP contribution in [-0.2, 0) is 22.6 Å². The van der Waals surface area contributed by atoms with Gasteiger partial charge in [-0.2, -0.15) is 5.26 Å². The Balaban J connectivity index is 1.50. The molecule has 184 valence electrons. The van der Waals surface area contributed by atoms with Crippen LogP contribution in [0.1, 0.15) is 37.1 Å². The first-order valence-corrected chi connectivity index (χ1v) is 12.6. The summed E-state index contributed by atoms with van der Waals surface area (Å²) < 4.78 is 6.20. The largest absolute Gasteiger partial charge is 0.370 e. The topological polar surface area (TPSA) is 85.3 Å². The Bertz CT molecular complexity index is 1460. The Morgan fingerprint density at radius 2 is 2.08 bits per heavy atom. The minimum Gasteiger partial charge on any atom is -0.370 e. The van der Waals surface area contributed by atoms with Crippen molar-refractivity contribution in [1.82, 2.24) is 14.9 Å². The van der Waals surface area contributed by atoms with Gasteiger partial charge in [0.05, 0.1) is 17.9 Å². The molecule has 6 rings (SSSR count). The summed E-state index contributed by atoms with van der Waals surface area (Å²) >= 11 is 6.83. The van der Waals surface area contributed by atoms with Crippen LogP contribution < -0.4 is 4.90 Å². The van der Waals surface area contributed by atoms with Gasteiger partial charge in [-0.05, 0) is 44.5 Å². The molecule has 5 heterocycles. The van der Waals surface area contributed by atoms with Crippen LogP contribution in [-0.4, -0.2) is 52.6 Å². The highest BCUT2D eigenvalue weighted by Gasteiger charge is 2.49. The van der Waals surface area contributed by atoms with Crippen molar-refractivity contribution in [1.29, 1.82) is 5.26 Å². The molecule has 2 fully saturated rings. The van der Waals surface area contributed by atoms with Gasteiger partial charge in [0.2, 0.25) is 5.91 Å². The SMILES string of the molecule is C=CC(=O)N1CC2(CCN(c3nc4c(c(-c5c(Cl)ccc6[nH]ccc56)c3C#N)COC(C)(C)C4)C2)C1. The number of fused-ring (bicyclic) bond motifs is 2. The second-order valence-electron chi connectivity index (χ2n) is 10.9. The molecule has 8 heteroatoms. The van der Waals surface area contributed by atoms with Gasteiger partial charge in [0, 0.05) is 76.8 Å². The molecule has 36 heavy (non-hydrogen) atoms. The Labute approximate surface area is 215 Å². The molecule has 0 aliphatic carbocycles. The molecule has 3 aliphatic heterocycles. The zero-order chi connectivity index (χ0) is 25.2. The maximum atomic E-state index is 12.0. The summed E-state index contributed by atoms with van der Waals surface area (Å²) in [5.74, 6) is 0.681. The van der Waals surface area contributed by atoms with Crippen LogP contribution in [0.3, 0.4) is 0 Å². The Kier molecular flexibility index (Phi) is 5.19. The first-order chi connectivity index (χ1) is 17.2. The highest BCUT2D eigenvalue weighted by Crippen LogP contribution is 2.47. The van der Waals surface area contributed by atoms with E-state index in [0.717, 1.165) is 52.8 Å². The third kappa shape index (κ3) is 3.51. The first kappa shape index (κ1) is 23.1. The molecule has 2 aromatic heterocycles. The van der Waals surface area contributed by atoms with Crippen LogP contribution >= 0.6 is 11.6 Å². The summed E-state index contributed by atoms with van der Waals surface area (Å²) in [7, 11) is 0. The van der Waals surface area contributed by atoms with E-state index in [0.29, 0.717) is 42.5 Å². The summed E-state index contributed by atoms with van der Waals surface area (Å²) in [6.45, 7) is 11.1. The molecule has 3 aliphatic rings. The lowest BCUT2D eigenvalue weighted by molar-refractivity contribution is -0.136. The number of halogens is 1. The second kappa shape index (κ2) is 8.09. The van der Waals surface area contributed by atoms with E-state index >= 15 is 0 Å². The van der Waals surface area contributed by atoms with E-state index < -0.39 is 0 Å². The summed E-state index contributed by atoms with van der Waals surface area (Å²) in [6.07, 6.45) is 4.87. The maximum absolute atomic E-state index is 12.0. The second-order valence-corrected chi connectivity index (χ2v) is 11.3. The number of hydrogen-bond donors (Lipinski definition) is 1. The fraction of sp³-hybridized carbons (Fsp3) is 0.393. The standard InChI is InChI=1S/C28H28ClN5O2/c1-4-23(35)34-15-28(16-34)8-10-33(14-28)26-18(12-30)24(19-13-36-27(2,3)11-22(19)32-26)25-17-7-9-31-21(17)6-5-20(25)29/h4-7,9,31H,1,8,10-11,13-16H2,2-3H3. The summed E-state index contributed by atoms with van der Waals surface area (Å²) in [5, 5.41) is 12.1. The Hall–Kier alpha value is -3.34. The van der Waals surface area contributed by atoms with E-state index in [1.54, 1.807) is 0 Å². The summed E-state index contributed by atoms with van der Waals surface area (Å²) in [4.78, 5) is 24.5. The van der Waals surface area contributed by atoms with Crippen molar-refractivity contribution in [2.24, 2.45) is 5.41 Å². The number of ether oxygens (including phenoxy) is 1. The van der Waals surface area contributed by atoms with Gasteiger partial charge >= 0.3 is 0 Å². The van der Waals surface area contributed by atoms with E-state index in [1.807, 2.05) is 29.3 Å². The monoisotopic (exact) mass is 501 g/mol. The molecule has 0 bridgehead atoms. The molecular formula is C28H28ClN5O2. The van der Waals surface area contributed by atoms with Crippen LogP contribution in [0.5, 0.6) is 0 Å². The van der Waals surface area contributed by atoms with Crippen LogP contribution in [0.2, 0.25) is 5.02 Å². The van der Waals surface area contributed by atoms with Crippen molar-refractivity contribution in [3.05, 3.63) is 58.9 Å². The third-order valence-electron chi connectivity index (χ3n) is 7.89. The number of carbonyl (C=O) groups excluding carboxylic acids is 1. The normalized spacial score (nSPS) is 19.7. The lowest BCUT2D eigenvalue weighted by Crippen LogP contribution is -2.59. The number of nitrogens with zero attached hydrogens (tertiary/aromatic N) is 4. The molecule has 7 nitrogen and oxygen atoms in total. The molecule has 2 saturated heterocycles. The molecule has 0 atom stereocenters. The highest BCUT2D eigenvalue weighted by molar-refractivity contribution is 6.35. The van der Waals surface area contributed by atoms with Crippen molar-refractivity contribution in [2.45, 2.75) is 38.9 Å². The van der Waals surface area contributed by atoms with Crippen LogP contribution in [0.4, 0.5) is 5.82 Å². The highest BCUT2D eigenvalue weighted by atomic mass is 35.5. The van der Waals surface area contributed by atoms with Crippen LogP contribution in [0.25, 0.3) is 22.0 Å². The van der Waals surface area contributed by atoms with Gasteiger partial charge < -0.3 is 19.5 Å². The number of aromatic nitrogens is 2. The molecule has 0 saturated carbocycles. The van der Waals surface area contributed by atoms with Crippen molar-refractivity contribution in [3.8, 4) is 17.2 Å². The van der Waals surface area contributed by atoms with Gasteiger partial charge in [-0.15, -0.1) is 0 Å². The first-order valence-electron chi connectivity index (χ1n) is 12.3. The van der Waals surface area contributed by atoms with E-state index in [2.05, 4.69) is 36.4 Å². The van der Waals surface area contributed by atoms with Crippen molar-refractivity contribution >= 4 is 34.2 Å². The molecular weight excluding hydrogens is 474 g/mol. The van der Waals surface area contributed by atoms with E-state index in [9.17, 15) is 10.1 Å². The van der Waals surface area contributed by atoms with E-state index in [-0.39, 0.29) is 16.9 Å². The van der Waals surface area contributed by atoms with Gasteiger partial charge in [-0.3, -0.25) is 4.79 Å². The third-order valence-corrected chi connectivity index (χ3v) is 8.20. The number of rotatable bonds is 3. The van der Waals surface area contributed by atoms with Crippen molar-refractivity contribution < 1.29 is 9.53 Å². The minimum atomic E-state index is -0.349. The van der Waals surface area contributed by atoms with Gasteiger partial charge in [0.1, 0.15) is 17.5 Å². The average Bonchev–Trinajstić information content (AvgIpc) is 3.48. The number of hydrogen-bond acceptors (Lipinski definition) is 5. The molecule has 1 spiro atoms.